The van der Waals surface area contributed by atoms with Crippen molar-refractivity contribution in [3.63, 3.8) is 0 Å². The van der Waals surface area contributed by atoms with Crippen molar-refractivity contribution >= 4 is 5.91 Å². The number of nitrogens with one attached hydrogen (secondary N) is 1. The van der Waals surface area contributed by atoms with Gasteiger partial charge in [0.1, 0.15) is 24.4 Å². The number of carbonyl (C=O) groups excluding carboxylic acids is 1. The Morgan fingerprint density at radius 2 is 1.00 bits per heavy atom. The van der Waals surface area contributed by atoms with Gasteiger partial charge in [-0.15, -0.1) is 0 Å². The summed E-state index contributed by atoms with van der Waals surface area (Å²) in [6.07, 6.45) is 35.4. The van der Waals surface area contributed by atoms with Crippen LogP contribution in [0.4, 0.5) is 0 Å². The minimum atomic E-state index is -1.56. The summed E-state index contributed by atoms with van der Waals surface area (Å²) in [4.78, 5) is 12.9. The Hall–Kier alpha value is -1.07. The molecule has 0 spiro atoms. The minimum Gasteiger partial charge on any atom is -0.394 e. The number of unbranched alkanes of at least 4 members (excludes halogenated alkanes) is 29. The molecule has 1 amide bonds. The van der Waals surface area contributed by atoms with Gasteiger partial charge >= 0.3 is 0 Å². The minimum absolute atomic E-state index is 0.174. The molecule has 55 heavy (non-hydrogen) atoms. The maximum Gasteiger partial charge on any atom is 0.220 e. The molecule has 0 aromatic rings. The highest BCUT2D eigenvalue weighted by Crippen LogP contribution is 2.23. The maximum atomic E-state index is 12.9. The molecule has 0 aromatic carbocycles. The molecule has 9 nitrogen and oxygen atoms in total. The van der Waals surface area contributed by atoms with Crippen molar-refractivity contribution in [2.24, 2.45) is 0 Å². The first kappa shape index (κ1) is 51.9. The van der Waals surface area contributed by atoms with Gasteiger partial charge in [0.15, 0.2) is 6.29 Å². The van der Waals surface area contributed by atoms with Crippen LogP contribution in [-0.4, -0.2) is 87.5 Å². The van der Waals surface area contributed by atoms with E-state index in [1.807, 2.05) is 6.08 Å². The van der Waals surface area contributed by atoms with Crippen molar-refractivity contribution < 1.29 is 39.8 Å². The Morgan fingerprint density at radius 1 is 0.600 bits per heavy atom. The second kappa shape index (κ2) is 37.2. The highest BCUT2D eigenvalue weighted by Gasteiger charge is 2.44. The molecule has 1 fully saturated rings. The Balaban J connectivity index is 2.31. The first-order chi connectivity index (χ1) is 26.8. The van der Waals surface area contributed by atoms with Crippen LogP contribution in [0.2, 0.25) is 0 Å². The van der Waals surface area contributed by atoms with Crippen LogP contribution in [0.25, 0.3) is 0 Å². The maximum absolute atomic E-state index is 12.9. The number of allylic oxidation sites excluding steroid dienone is 1. The monoisotopic (exact) mass is 784 g/mol. The molecule has 1 heterocycles. The molecule has 6 N–H and O–H groups in total. The van der Waals surface area contributed by atoms with Crippen molar-refractivity contribution in [1.82, 2.24) is 5.32 Å². The lowest BCUT2D eigenvalue weighted by Crippen LogP contribution is -2.60. The fraction of sp³-hybridized carbons (Fsp3) is 0.935. The third-order valence-electron chi connectivity index (χ3n) is 11.4. The molecular formula is C46H89NO8. The van der Waals surface area contributed by atoms with Gasteiger partial charge in [-0.25, -0.2) is 0 Å². The van der Waals surface area contributed by atoms with Crippen LogP contribution < -0.4 is 5.32 Å². The highest BCUT2D eigenvalue weighted by atomic mass is 16.7. The number of hydrogen-bond acceptors (Lipinski definition) is 8. The molecule has 0 saturated carbocycles. The summed E-state index contributed by atoms with van der Waals surface area (Å²) in [6.45, 7) is 3.78. The van der Waals surface area contributed by atoms with E-state index in [0.29, 0.717) is 6.42 Å². The summed E-state index contributed by atoms with van der Waals surface area (Å²) in [6, 6.07) is -0.797. The number of aliphatic hydroxyl groups excluding tert-OH is 5. The third kappa shape index (κ3) is 28.1. The number of ether oxygens (including phenoxy) is 2. The lowest BCUT2D eigenvalue weighted by molar-refractivity contribution is -0.302. The van der Waals surface area contributed by atoms with Crippen LogP contribution >= 0.6 is 0 Å². The number of carbonyl (C=O) groups is 1. The molecule has 0 aliphatic carbocycles. The van der Waals surface area contributed by atoms with E-state index in [-0.39, 0.29) is 12.5 Å². The summed E-state index contributed by atoms with van der Waals surface area (Å²) in [5.74, 6) is -0.174. The van der Waals surface area contributed by atoms with Gasteiger partial charge in [-0.1, -0.05) is 206 Å². The van der Waals surface area contributed by atoms with E-state index in [0.717, 1.165) is 38.5 Å². The van der Waals surface area contributed by atoms with Gasteiger partial charge in [-0.3, -0.25) is 4.79 Å². The zero-order valence-electron chi connectivity index (χ0n) is 35.7. The standard InChI is InChI=1S/C46H89NO8/c1-3-5-7-9-11-13-15-17-18-19-20-21-22-24-26-28-30-32-34-36-42(50)47-39(38-54-46-45(53)44(52)43(51)41(37-48)55-46)40(49)35-33-31-29-27-25-23-16-14-12-10-8-6-4-2/h33,35,39-41,43-46,48-49,51-53H,3-32,34,36-38H2,1-2H3,(H,47,50)/b35-33+. The Bertz CT molecular complexity index is 873. The Labute approximate surface area is 337 Å². The first-order valence-electron chi connectivity index (χ1n) is 23.4. The van der Waals surface area contributed by atoms with Crippen LogP contribution in [0.3, 0.4) is 0 Å². The fourth-order valence-corrected chi connectivity index (χ4v) is 7.57. The van der Waals surface area contributed by atoms with Crippen LogP contribution in [-0.2, 0) is 14.3 Å². The molecule has 1 rings (SSSR count). The lowest BCUT2D eigenvalue weighted by atomic mass is 9.99. The molecule has 9 heteroatoms. The van der Waals surface area contributed by atoms with Crippen molar-refractivity contribution in [3.8, 4) is 0 Å². The fourth-order valence-electron chi connectivity index (χ4n) is 7.57. The van der Waals surface area contributed by atoms with E-state index in [1.165, 1.54) is 161 Å². The van der Waals surface area contributed by atoms with Crippen molar-refractivity contribution in [2.75, 3.05) is 13.2 Å². The average molecular weight is 784 g/mol. The highest BCUT2D eigenvalue weighted by molar-refractivity contribution is 5.76. The molecule has 7 unspecified atom stereocenters. The quantitative estimate of drug-likeness (QED) is 0.0267. The number of amides is 1. The molecule has 0 radical (unpaired) electrons. The molecule has 0 aromatic heterocycles. The molecule has 326 valence electrons. The molecule has 1 saturated heterocycles. The summed E-state index contributed by atoms with van der Waals surface area (Å²) in [5.41, 5.74) is 0. The Kier molecular flexibility index (Phi) is 35.2. The largest absolute Gasteiger partial charge is 0.394 e. The zero-order chi connectivity index (χ0) is 40.2. The predicted octanol–water partition coefficient (Wildman–Crippen LogP) is 9.73. The van der Waals surface area contributed by atoms with Crippen molar-refractivity contribution in [3.05, 3.63) is 12.2 Å². The second-order valence-corrected chi connectivity index (χ2v) is 16.6. The molecule has 1 aliphatic rings. The van der Waals surface area contributed by atoms with Crippen LogP contribution in [0.1, 0.15) is 219 Å². The molecule has 1 aliphatic heterocycles. The van der Waals surface area contributed by atoms with Gasteiger partial charge in [-0.2, -0.15) is 0 Å². The normalized spacial score (nSPS) is 21.3. The van der Waals surface area contributed by atoms with E-state index in [4.69, 9.17) is 9.47 Å². The summed E-state index contributed by atoms with van der Waals surface area (Å²) in [7, 11) is 0. The number of rotatable bonds is 39. The smallest absolute Gasteiger partial charge is 0.220 e. The van der Waals surface area contributed by atoms with Gasteiger partial charge in [0.25, 0.3) is 0 Å². The van der Waals surface area contributed by atoms with E-state index in [9.17, 15) is 30.3 Å². The SMILES string of the molecule is CCCCCCCCCCCCC/C=C/C(O)C(COC1OC(CO)C(O)C(O)C1O)NC(=O)CCCCCCCCCCCCCCCCCCCCC. The van der Waals surface area contributed by atoms with Gasteiger partial charge in [0.05, 0.1) is 25.4 Å². The topological polar surface area (TPSA) is 149 Å². The lowest BCUT2D eigenvalue weighted by Gasteiger charge is -2.40. The van der Waals surface area contributed by atoms with E-state index >= 15 is 0 Å². The molecule has 0 bridgehead atoms. The molecular weight excluding hydrogens is 695 g/mol. The van der Waals surface area contributed by atoms with Crippen LogP contribution in [0, 0.1) is 0 Å². The third-order valence-corrected chi connectivity index (χ3v) is 11.4. The van der Waals surface area contributed by atoms with Crippen molar-refractivity contribution in [1.29, 1.82) is 0 Å². The number of hydrogen-bond donors (Lipinski definition) is 6. The van der Waals surface area contributed by atoms with E-state index in [1.54, 1.807) is 6.08 Å². The first-order valence-corrected chi connectivity index (χ1v) is 23.4. The van der Waals surface area contributed by atoms with Gasteiger partial charge in [-0.05, 0) is 19.3 Å². The van der Waals surface area contributed by atoms with Gasteiger partial charge in [0.2, 0.25) is 5.91 Å². The van der Waals surface area contributed by atoms with E-state index in [2.05, 4.69) is 19.2 Å². The Morgan fingerprint density at radius 3 is 1.42 bits per heavy atom. The van der Waals surface area contributed by atoms with Crippen molar-refractivity contribution in [2.45, 2.75) is 262 Å². The predicted molar refractivity (Wildman–Crippen MR) is 226 cm³/mol. The van der Waals surface area contributed by atoms with Gasteiger partial charge in [0, 0.05) is 6.42 Å². The average Bonchev–Trinajstić information content (AvgIpc) is 3.18. The van der Waals surface area contributed by atoms with Crippen LogP contribution in [0.5, 0.6) is 0 Å². The van der Waals surface area contributed by atoms with Crippen LogP contribution in [0.15, 0.2) is 12.2 Å². The van der Waals surface area contributed by atoms with E-state index < -0.39 is 49.5 Å². The summed E-state index contributed by atoms with van der Waals surface area (Å²) < 4.78 is 11.2. The zero-order valence-corrected chi connectivity index (χ0v) is 35.7. The van der Waals surface area contributed by atoms with Gasteiger partial charge < -0.3 is 40.3 Å². The molecule has 7 atom stereocenters. The summed E-state index contributed by atoms with van der Waals surface area (Å²) >= 11 is 0. The summed E-state index contributed by atoms with van der Waals surface area (Å²) in [5, 5.41) is 54.2. The number of aliphatic hydroxyl groups is 5. The second-order valence-electron chi connectivity index (χ2n) is 16.6.